The van der Waals surface area contributed by atoms with E-state index < -0.39 is 24.4 Å². The van der Waals surface area contributed by atoms with Crippen molar-refractivity contribution in [3.8, 4) is 5.75 Å². The van der Waals surface area contributed by atoms with Gasteiger partial charge in [-0.2, -0.15) is 8.78 Å². The number of benzene rings is 2. The van der Waals surface area contributed by atoms with Gasteiger partial charge < -0.3 is 10.1 Å². The first-order chi connectivity index (χ1) is 10.9. The second-order valence-electron chi connectivity index (χ2n) is 4.77. The van der Waals surface area contributed by atoms with Gasteiger partial charge in [0.25, 0.3) is 5.91 Å². The summed E-state index contributed by atoms with van der Waals surface area (Å²) in [6.45, 7) is -1.21. The van der Waals surface area contributed by atoms with Gasteiger partial charge in [0.1, 0.15) is 11.6 Å². The minimum absolute atomic E-state index is 0.0153. The topological polar surface area (TPSA) is 38.3 Å². The first-order valence-electron chi connectivity index (χ1n) is 6.67. The van der Waals surface area contributed by atoms with Gasteiger partial charge in [0, 0.05) is 4.47 Å². The van der Waals surface area contributed by atoms with Crippen molar-refractivity contribution in [2.45, 2.75) is 19.6 Å². The largest absolute Gasteiger partial charge is 0.435 e. The van der Waals surface area contributed by atoms with Crippen LogP contribution in [0.2, 0.25) is 0 Å². The van der Waals surface area contributed by atoms with Crippen LogP contribution < -0.4 is 10.1 Å². The second-order valence-corrected chi connectivity index (χ2v) is 5.62. The zero-order valence-corrected chi connectivity index (χ0v) is 13.6. The Labute approximate surface area is 139 Å². The summed E-state index contributed by atoms with van der Waals surface area (Å²) in [7, 11) is 0. The van der Waals surface area contributed by atoms with Crippen molar-refractivity contribution in [1.29, 1.82) is 0 Å². The Morgan fingerprint density at radius 3 is 2.61 bits per heavy atom. The molecule has 1 amide bonds. The summed E-state index contributed by atoms with van der Waals surface area (Å²) in [6.07, 6.45) is 0. The van der Waals surface area contributed by atoms with Gasteiger partial charge >= 0.3 is 6.61 Å². The van der Waals surface area contributed by atoms with E-state index in [4.69, 9.17) is 0 Å². The third-order valence-electron chi connectivity index (χ3n) is 3.11. The highest BCUT2D eigenvalue weighted by Gasteiger charge is 2.15. The predicted molar refractivity (Wildman–Crippen MR) is 83.1 cm³/mol. The molecule has 7 heteroatoms. The molecule has 0 aromatic heterocycles. The van der Waals surface area contributed by atoms with Crippen molar-refractivity contribution in [1.82, 2.24) is 5.32 Å². The third kappa shape index (κ3) is 4.72. The molecule has 0 radical (unpaired) electrons. The van der Waals surface area contributed by atoms with Crippen LogP contribution in [0.5, 0.6) is 5.75 Å². The van der Waals surface area contributed by atoms with E-state index in [9.17, 15) is 18.0 Å². The van der Waals surface area contributed by atoms with Crippen LogP contribution in [0, 0.1) is 5.82 Å². The van der Waals surface area contributed by atoms with Crippen molar-refractivity contribution >= 4 is 21.8 Å². The van der Waals surface area contributed by atoms with E-state index in [-0.39, 0.29) is 11.3 Å². The number of halogens is 4. The fraction of sp³-hybridized carbons (Fsp3) is 0.188. The predicted octanol–water partition coefficient (Wildman–Crippen LogP) is 4.68. The molecule has 2 aromatic carbocycles. The number of amides is 1. The minimum Gasteiger partial charge on any atom is -0.435 e. The average Bonchev–Trinajstić information content (AvgIpc) is 2.46. The van der Waals surface area contributed by atoms with Crippen LogP contribution in [-0.4, -0.2) is 12.5 Å². The molecule has 0 aliphatic carbocycles. The fourth-order valence-corrected chi connectivity index (χ4v) is 2.52. The lowest BCUT2D eigenvalue weighted by molar-refractivity contribution is -0.0499. The van der Waals surface area contributed by atoms with Crippen LogP contribution in [0.3, 0.4) is 0 Å². The summed E-state index contributed by atoms with van der Waals surface area (Å²) in [5.74, 6) is -0.857. The molecule has 122 valence electrons. The van der Waals surface area contributed by atoms with Gasteiger partial charge in [-0.15, -0.1) is 0 Å². The van der Waals surface area contributed by atoms with E-state index in [0.717, 1.165) is 0 Å². The monoisotopic (exact) mass is 387 g/mol. The van der Waals surface area contributed by atoms with Gasteiger partial charge in [-0.3, -0.25) is 4.79 Å². The third-order valence-corrected chi connectivity index (χ3v) is 3.76. The molecule has 0 spiro atoms. The first-order valence-corrected chi connectivity index (χ1v) is 7.47. The Kier molecular flexibility index (Phi) is 5.65. The molecule has 0 fully saturated rings. The highest BCUT2D eigenvalue weighted by atomic mass is 79.9. The van der Waals surface area contributed by atoms with Crippen LogP contribution in [0.25, 0.3) is 0 Å². The smallest absolute Gasteiger partial charge is 0.387 e. The van der Waals surface area contributed by atoms with Crippen molar-refractivity contribution in [2.24, 2.45) is 0 Å². The summed E-state index contributed by atoms with van der Waals surface area (Å²) in [6, 6.07) is 9.36. The van der Waals surface area contributed by atoms with E-state index in [1.807, 2.05) is 0 Å². The van der Waals surface area contributed by atoms with Crippen LogP contribution >= 0.6 is 15.9 Å². The van der Waals surface area contributed by atoms with Crippen LogP contribution in [0.15, 0.2) is 46.9 Å². The molecule has 2 rings (SSSR count). The second kappa shape index (κ2) is 7.50. The molecule has 0 unspecified atom stereocenters. The molecule has 0 aliphatic rings. The summed E-state index contributed by atoms with van der Waals surface area (Å²) >= 11 is 3.13. The quantitative estimate of drug-likeness (QED) is 0.808. The molecule has 3 nitrogen and oxygen atoms in total. The number of ether oxygens (including phenoxy) is 1. The zero-order chi connectivity index (χ0) is 17.0. The molecule has 0 bridgehead atoms. The van der Waals surface area contributed by atoms with E-state index in [1.165, 1.54) is 30.3 Å². The maximum absolute atomic E-state index is 13.1. The summed E-state index contributed by atoms with van der Waals surface area (Å²) in [5.41, 5.74) is 0.882. The highest BCUT2D eigenvalue weighted by Crippen LogP contribution is 2.22. The Morgan fingerprint density at radius 1 is 1.22 bits per heavy atom. The van der Waals surface area contributed by atoms with Crippen LogP contribution in [-0.2, 0) is 0 Å². The maximum Gasteiger partial charge on any atom is 0.387 e. The lowest BCUT2D eigenvalue weighted by Crippen LogP contribution is -2.27. The van der Waals surface area contributed by atoms with E-state index in [2.05, 4.69) is 26.0 Å². The molecule has 1 N–H and O–H groups in total. The molecular weight excluding hydrogens is 375 g/mol. The Bertz CT molecular complexity index is 709. The summed E-state index contributed by atoms with van der Waals surface area (Å²) < 4.78 is 42.2. The van der Waals surface area contributed by atoms with Crippen molar-refractivity contribution in [2.75, 3.05) is 0 Å². The molecule has 0 heterocycles. The van der Waals surface area contributed by atoms with Crippen LogP contribution in [0.1, 0.15) is 28.9 Å². The number of nitrogens with one attached hydrogen (secondary N) is 1. The van der Waals surface area contributed by atoms with E-state index in [0.29, 0.717) is 10.0 Å². The number of alkyl halides is 2. The van der Waals surface area contributed by atoms with Gasteiger partial charge in [0.15, 0.2) is 0 Å². The number of hydrogen-bond acceptors (Lipinski definition) is 2. The Hall–Kier alpha value is -2.02. The average molecular weight is 388 g/mol. The van der Waals surface area contributed by atoms with Gasteiger partial charge in [0.05, 0.1) is 11.6 Å². The molecule has 0 saturated heterocycles. The first kappa shape index (κ1) is 17.3. The standard InChI is InChI=1S/C16H13BrF3NO2/c1-9(10-3-2-4-12(7-10)23-16(19)20)21-15(22)13-6-5-11(18)8-14(13)17/h2-9,16H,1H3,(H,21,22)/t9-/m1/s1. The van der Waals surface area contributed by atoms with Gasteiger partial charge in [-0.25, -0.2) is 4.39 Å². The number of rotatable bonds is 5. The molecule has 23 heavy (non-hydrogen) atoms. The van der Waals surface area contributed by atoms with E-state index in [1.54, 1.807) is 19.1 Å². The van der Waals surface area contributed by atoms with Gasteiger partial charge in [-0.1, -0.05) is 12.1 Å². The molecule has 0 aliphatic heterocycles. The highest BCUT2D eigenvalue weighted by molar-refractivity contribution is 9.10. The fourth-order valence-electron chi connectivity index (χ4n) is 1.99. The van der Waals surface area contributed by atoms with Crippen molar-refractivity contribution < 1.29 is 22.7 Å². The maximum atomic E-state index is 13.1. The zero-order valence-electron chi connectivity index (χ0n) is 12.0. The number of hydrogen-bond donors (Lipinski definition) is 1. The Balaban J connectivity index is 2.12. The molecule has 2 aromatic rings. The number of carbonyl (C=O) groups is 1. The Morgan fingerprint density at radius 2 is 1.96 bits per heavy atom. The summed E-state index contributed by atoms with van der Waals surface area (Å²) in [5, 5.41) is 2.72. The number of carbonyl (C=O) groups excluding carboxylic acids is 1. The molecule has 1 atom stereocenters. The lowest BCUT2D eigenvalue weighted by Gasteiger charge is -2.16. The van der Waals surface area contributed by atoms with Gasteiger partial charge in [0.2, 0.25) is 0 Å². The van der Waals surface area contributed by atoms with Crippen molar-refractivity contribution in [3.05, 3.63) is 63.9 Å². The summed E-state index contributed by atoms with van der Waals surface area (Å²) in [4.78, 5) is 12.2. The van der Waals surface area contributed by atoms with E-state index >= 15 is 0 Å². The minimum atomic E-state index is -2.91. The normalized spacial score (nSPS) is 12.1. The van der Waals surface area contributed by atoms with Gasteiger partial charge in [-0.05, 0) is 58.7 Å². The molecule has 0 saturated carbocycles. The van der Waals surface area contributed by atoms with Crippen molar-refractivity contribution in [3.63, 3.8) is 0 Å². The SMILES string of the molecule is C[C@@H](NC(=O)c1ccc(F)cc1Br)c1cccc(OC(F)F)c1. The lowest BCUT2D eigenvalue weighted by atomic mass is 10.1. The molecular formula is C16H13BrF3NO2. The van der Waals surface area contributed by atoms with Crippen LogP contribution in [0.4, 0.5) is 13.2 Å².